The van der Waals surface area contributed by atoms with Crippen LogP contribution in [0.2, 0.25) is 0 Å². The summed E-state index contributed by atoms with van der Waals surface area (Å²) in [7, 11) is 0. The molecule has 0 radical (unpaired) electrons. The van der Waals surface area contributed by atoms with Crippen LogP contribution >= 0.6 is 0 Å². The molecule has 0 saturated heterocycles. The molecular weight excluding hydrogens is 228 g/mol. The van der Waals surface area contributed by atoms with Crippen LogP contribution in [-0.2, 0) is 11.2 Å². The second kappa shape index (κ2) is 5.89. The lowest BCUT2D eigenvalue weighted by molar-refractivity contribution is -0.143. The van der Waals surface area contributed by atoms with Gasteiger partial charge in [0, 0.05) is 0 Å². The van der Waals surface area contributed by atoms with Crippen molar-refractivity contribution >= 4 is 5.97 Å². The molecule has 2 rings (SSSR count). The van der Waals surface area contributed by atoms with Crippen LogP contribution in [0.5, 0.6) is 5.75 Å². The Labute approximate surface area is 108 Å². The lowest BCUT2D eigenvalue weighted by Crippen LogP contribution is -2.29. The fraction of sp³-hybridized carbons (Fsp3) is 0.533. The average Bonchev–Trinajstić information content (AvgIpc) is 2.40. The van der Waals surface area contributed by atoms with Gasteiger partial charge < -0.3 is 9.84 Å². The van der Waals surface area contributed by atoms with Gasteiger partial charge in [-0.2, -0.15) is 0 Å². The SMILES string of the molecule is CCc1ccc(OC2CCC[C@H](C(=O)O)C2)cc1. The van der Waals surface area contributed by atoms with Crippen LogP contribution in [0.25, 0.3) is 0 Å². The minimum atomic E-state index is -0.690. The highest BCUT2D eigenvalue weighted by molar-refractivity contribution is 5.70. The van der Waals surface area contributed by atoms with E-state index in [2.05, 4.69) is 19.1 Å². The van der Waals surface area contributed by atoms with Gasteiger partial charge in [0.1, 0.15) is 5.75 Å². The summed E-state index contributed by atoms with van der Waals surface area (Å²) >= 11 is 0. The minimum absolute atomic E-state index is 0.0485. The molecule has 0 heterocycles. The summed E-state index contributed by atoms with van der Waals surface area (Å²) in [5, 5.41) is 9.03. The Morgan fingerprint density at radius 2 is 2.06 bits per heavy atom. The third-order valence-corrected chi connectivity index (χ3v) is 3.61. The molecule has 98 valence electrons. The number of carboxylic acids is 1. The van der Waals surface area contributed by atoms with Crippen LogP contribution < -0.4 is 4.74 Å². The van der Waals surface area contributed by atoms with E-state index in [1.54, 1.807) is 0 Å². The highest BCUT2D eigenvalue weighted by atomic mass is 16.5. The van der Waals surface area contributed by atoms with E-state index >= 15 is 0 Å². The van der Waals surface area contributed by atoms with Crippen molar-refractivity contribution in [2.24, 2.45) is 5.92 Å². The maximum Gasteiger partial charge on any atom is 0.306 e. The Morgan fingerprint density at radius 1 is 1.33 bits per heavy atom. The Kier molecular flexibility index (Phi) is 4.24. The van der Waals surface area contributed by atoms with Crippen molar-refractivity contribution < 1.29 is 14.6 Å². The maximum absolute atomic E-state index is 11.0. The van der Waals surface area contributed by atoms with E-state index in [9.17, 15) is 4.79 Å². The number of aryl methyl sites for hydroxylation is 1. The van der Waals surface area contributed by atoms with Gasteiger partial charge in [-0.1, -0.05) is 19.1 Å². The van der Waals surface area contributed by atoms with Crippen molar-refractivity contribution in [1.29, 1.82) is 0 Å². The van der Waals surface area contributed by atoms with Crippen LogP contribution in [0.15, 0.2) is 24.3 Å². The van der Waals surface area contributed by atoms with Gasteiger partial charge in [-0.3, -0.25) is 4.79 Å². The smallest absolute Gasteiger partial charge is 0.306 e. The second-order valence-corrected chi connectivity index (χ2v) is 4.94. The normalized spacial score (nSPS) is 23.6. The number of hydrogen-bond donors (Lipinski definition) is 1. The second-order valence-electron chi connectivity index (χ2n) is 4.94. The molecule has 1 N–H and O–H groups in total. The third-order valence-electron chi connectivity index (χ3n) is 3.61. The molecular formula is C15H20O3. The number of carboxylic acid groups (broad SMARTS) is 1. The zero-order chi connectivity index (χ0) is 13.0. The number of ether oxygens (including phenoxy) is 1. The van der Waals surface area contributed by atoms with Crippen molar-refractivity contribution in [2.75, 3.05) is 0 Å². The minimum Gasteiger partial charge on any atom is -0.490 e. The summed E-state index contributed by atoms with van der Waals surface area (Å²) in [5.41, 5.74) is 1.29. The van der Waals surface area contributed by atoms with Crippen LogP contribution in [0.1, 0.15) is 38.2 Å². The van der Waals surface area contributed by atoms with E-state index in [0.717, 1.165) is 31.4 Å². The van der Waals surface area contributed by atoms with E-state index in [4.69, 9.17) is 9.84 Å². The first-order valence-electron chi connectivity index (χ1n) is 6.67. The Balaban J connectivity index is 1.93. The topological polar surface area (TPSA) is 46.5 Å². The molecule has 3 heteroatoms. The predicted octanol–water partition coefficient (Wildman–Crippen LogP) is 3.27. The number of benzene rings is 1. The average molecular weight is 248 g/mol. The molecule has 3 nitrogen and oxygen atoms in total. The molecule has 1 fully saturated rings. The van der Waals surface area contributed by atoms with Gasteiger partial charge in [0.2, 0.25) is 0 Å². The molecule has 1 aromatic rings. The number of hydrogen-bond acceptors (Lipinski definition) is 2. The molecule has 0 bridgehead atoms. The van der Waals surface area contributed by atoms with E-state index < -0.39 is 5.97 Å². The molecule has 1 saturated carbocycles. The standard InChI is InChI=1S/C15H20O3/c1-2-11-6-8-13(9-7-11)18-14-5-3-4-12(10-14)15(16)17/h6-9,12,14H,2-5,10H2,1H3,(H,16,17)/t12-,14?/m0/s1. The summed E-state index contributed by atoms with van der Waals surface area (Å²) in [6.45, 7) is 2.12. The number of aliphatic carboxylic acids is 1. The van der Waals surface area contributed by atoms with Crippen molar-refractivity contribution in [1.82, 2.24) is 0 Å². The number of carbonyl (C=O) groups is 1. The van der Waals surface area contributed by atoms with Crippen LogP contribution in [-0.4, -0.2) is 17.2 Å². The van der Waals surface area contributed by atoms with Gasteiger partial charge in [-0.15, -0.1) is 0 Å². The fourth-order valence-corrected chi connectivity index (χ4v) is 2.47. The van der Waals surface area contributed by atoms with Gasteiger partial charge in [-0.25, -0.2) is 0 Å². The van der Waals surface area contributed by atoms with Gasteiger partial charge in [-0.05, 0) is 49.8 Å². The monoisotopic (exact) mass is 248 g/mol. The third kappa shape index (κ3) is 3.25. The van der Waals surface area contributed by atoms with Crippen LogP contribution in [0.4, 0.5) is 0 Å². The Hall–Kier alpha value is -1.51. The molecule has 1 aliphatic rings. The first-order chi connectivity index (χ1) is 8.69. The van der Waals surface area contributed by atoms with E-state index in [0.29, 0.717) is 6.42 Å². The van der Waals surface area contributed by atoms with Crippen LogP contribution in [0, 0.1) is 5.92 Å². The van der Waals surface area contributed by atoms with Gasteiger partial charge in [0.15, 0.2) is 0 Å². The van der Waals surface area contributed by atoms with Gasteiger partial charge in [0.25, 0.3) is 0 Å². The highest BCUT2D eigenvalue weighted by Gasteiger charge is 2.27. The zero-order valence-corrected chi connectivity index (χ0v) is 10.8. The Morgan fingerprint density at radius 3 is 2.67 bits per heavy atom. The van der Waals surface area contributed by atoms with Crippen molar-refractivity contribution in [3.63, 3.8) is 0 Å². The van der Waals surface area contributed by atoms with Crippen molar-refractivity contribution in [2.45, 2.75) is 45.1 Å². The largest absolute Gasteiger partial charge is 0.490 e. The molecule has 1 aromatic carbocycles. The van der Waals surface area contributed by atoms with E-state index in [1.165, 1.54) is 5.56 Å². The fourth-order valence-electron chi connectivity index (χ4n) is 2.47. The summed E-state index contributed by atoms with van der Waals surface area (Å²) in [6.07, 6.45) is 4.38. The molecule has 0 aliphatic heterocycles. The van der Waals surface area contributed by atoms with Crippen molar-refractivity contribution in [3.8, 4) is 5.75 Å². The quantitative estimate of drug-likeness (QED) is 0.889. The van der Waals surface area contributed by atoms with E-state index in [1.807, 2.05) is 12.1 Å². The number of rotatable bonds is 4. The molecule has 0 spiro atoms. The van der Waals surface area contributed by atoms with Gasteiger partial charge in [0.05, 0.1) is 12.0 Å². The molecule has 1 aliphatic carbocycles. The highest BCUT2D eigenvalue weighted by Crippen LogP contribution is 2.28. The first kappa shape index (κ1) is 12.9. The zero-order valence-electron chi connectivity index (χ0n) is 10.8. The molecule has 2 atom stereocenters. The molecule has 18 heavy (non-hydrogen) atoms. The Bertz CT molecular complexity index is 397. The maximum atomic E-state index is 11.0. The molecule has 0 aromatic heterocycles. The summed E-state index contributed by atoms with van der Waals surface area (Å²) in [4.78, 5) is 11.0. The summed E-state index contributed by atoms with van der Waals surface area (Å²) in [6, 6.07) is 8.08. The lowest BCUT2D eigenvalue weighted by atomic mass is 9.87. The molecule has 1 unspecified atom stereocenters. The van der Waals surface area contributed by atoms with Gasteiger partial charge >= 0.3 is 5.97 Å². The first-order valence-corrected chi connectivity index (χ1v) is 6.67. The predicted molar refractivity (Wildman–Crippen MR) is 69.8 cm³/mol. The van der Waals surface area contributed by atoms with E-state index in [-0.39, 0.29) is 12.0 Å². The van der Waals surface area contributed by atoms with Crippen molar-refractivity contribution in [3.05, 3.63) is 29.8 Å². The lowest BCUT2D eigenvalue weighted by Gasteiger charge is -2.27. The summed E-state index contributed by atoms with van der Waals surface area (Å²) in [5.74, 6) is -0.0773. The molecule has 0 amide bonds. The van der Waals surface area contributed by atoms with Crippen LogP contribution in [0.3, 0.4) is 0 Å². The summed E-state index contributed by atoms with van der Waals surface area (Å²) < 4.78 is 5.87.